The minimum Gasteiger partial charge on any atom is -0.456 e. The monoisotopic (exact) mass is 250 g/mol. The van der Waals surface area contributed by atoms with Crippen molar-refractivity contribution in [3.8, 4) is 0 Å². The van der Waals surface area contributed by atoms with Crippen molar-refractivity contribution in [2.45, 2.75) is 75.6 Å². The van der Waals surface area contributed by atoms with Crippen LogP contribution in [-0.2, 0) is 14.3 Å². The minimum atomic E-state index is -0.602. The van der Waals surface area contributed by atoms with Gasteiger partial charge in [0.1, 0.15) is 5.60 Å². The quantitative estimate of drug-likeness (QED) is 0.707. The second kappa shape index (κ2) is 3.12. The zero-order chi connectivity index (χ0) is 12.6. The Morgan fingerprint density at radius 1 is 1.06 bits per heavy atom. The summed E-state index contributed by atoms with van der Waals surface area (Å²) in [5, 5.41) is 0. The summed E-state index contributed by atoms with van der Waals surface area (Å²) in [5.41, 5.74) is -0.908. The molecule has 0 radical (unpaired) electrons. The summed E-state index contributed by atoms with van der Waals surface area (Å²) in [6.45, 7) is 4.17. The van der Waals surface area contributed by atoms with Gasteiger partial charge < -0.3 is 9.47 Å². The predicted octanol–water partition coefficient (Wildman–Crippen LogP) is 2.82. The highest BCUT2D eigenvalue weighted by Crippen LogP contribution is 2.62. The van der Waals surface area contributed by atoms with Crippen LogP contribution >= 0.6 is 0 Å². The van der Waals surface area contributed by atoms with Crippen molar-refractivity contribution in [1.29, 1.82) is 0 Å². The lowest BCUT2D eigenvalue weighted by Gasteiger charge is -2.29. The van der Waals surface area contributed by atoms with E-state index in [1.165, 1.54) is 25.7 Å². The molecule has 0 amide bonds. The summed E-state index contributed by atoms with van der Waals surface area (Å²) >= 11 is 0. The van der Waals surface area contributed by atoms with Gasteiger partial charge in [-0.25, -0.2) is 4.79 Å². The van der Waals surface area contributed by atoms with E-state index in [0.717, 1.165) is 19.3 Å². The molecule has 1 atom stereocenters. The lowest BCUT2D eigenvalue weighted by atomic mass is 9.82. The first-order valence-electron chi connectivity index (χ1n) is 7.40. The molecule has 2 aliphatic carbocycles. The highest BCUT2D eigenvalue weighted by atomic mass is 16.6. The van der Waals surface area contributed by atoms with Crippen molar-refractivity contribution >= 4 is 5.97 Å². The van der Waals surface area contributed by atoms with Crippen molar-refractivity contribution in [2.24, 2.45) is 11.8 Å². The topological polar surface area (TPSA) is 35.5 Å². The normalized spacial score (nSPS) is 41.3. The minimum absolute atomic E-state index is 0.0631. The summed E-state index contributed by atoms with van der Waals surface area (Å²) in [4.78, 5) is 12.4. The van der Waals surface area contributed by atoms with Gasteiger partial charge in [-0.1, -0.05) is 0 Å². The number of carbonyl (C=O) groups is 1. The predicted molar refractivity (Wildman–Crippen MR) is 66.0 cm³/mol. The average molecular weight is 250 g/mol. The van der Waals surface area contributed by atoms with Crippen LogP contribution < -0.4 is 0 Å². The molecule has 4 fully saturated rings. The third-order valence-electron chi connectivity index (χ3n) is 5.36. The lowest BCUT2D eigenvalue weighted by molar-refractivity contribution is -0.167. The van der Waals surface area contributed by atoms with E-state index >= 15 is 0 Å². The molecule has 1 spiro atoms. The molecule has 1 unspecified atom stereocenters. The van der Waals surface area contributed by atoms with Gasteiger partial charge in [0.2, 0.25) is 0 Å². The number of ether oxygens (including phenoxy) is 2. The van der Waals surface area contributed by atoms with E-state index in [4.69, 9.17) is 9.47 Å². The van der Waals surface area contributed by atoms with Gasteiger partial charge >= 0.3 is 5.97 Å². The maximum atomic E-state index is 12.4. The zero-order valence-electron chi connectivity index (χ0n) is 11.3. The second-order valence-corrected chi connectivity index (χ2v) is 7.43. The van der Waals surface area contributed by atoms with Crippen LogP contribution in [0.25, 0.3) is 0 Å². The van der Waals surface area contributed by atoms with Gasteiger partial charge in [0.05, 0.1) is 5.60 Å². The largest absolute Gasteiger partial charge is 0.456 e. The summed E-state index contributed by atoms with van der Waals surface area (Å²) in [7, 11) is 0. The molecule has 3 heteroatoms. The van der Waals surface area contributed by atoms with Crippen molar-refractivity contribution in [3.63, 3.8) is 0 Å². The van der Waals surface area contributed by atoms with Gasteiger partial charge in [-0.2, -0.15) is 0 Å². The van der Waals surface area contributed by atoms with Gasteiger partial charge in [-0.3, -0.25) is 0 Å². The number of cyclic esters (lactones) is 1. The van der Waals surface area contributed by atoms with Crippen molar-refractivity contribution in [3.05, 3.63) is 0 Å². The number of rotatable bonds is 2. The molecule has 0 bridgehead atoms. The Labute approximate surface area is 108 Å². The number of hydrogen-bond donors (Lipinski definition) is 0. The van der Waals surface area contributed by atoms with Gasteiger partial charge in [0.15, 0.2) is 5.60 Å². The Balaban J connectivity index is 1.66. The zero-order valence-corrected chi connectivity index (χ0v) is 11.3. The van der Waals surface area contributed by atoms with E-state index in [9.17, 15) is 4.79 Å². The van der Waals surface area contributed by atoms with Gasteiger partial charge in [0, 0.05) is 6.42 Å². The molecule has 2 saturated heterocycles. The van der Waals surface area contributed by atoms with Crippen LogP contribution in [0.3, 0.4) is 0 Å². The van der Waals surface area contributed by atoms with E-state index in [2.05, 4.69) is 13.8 Å². The third-order valence-corrected chi connectivity index (χ3v) is 5.36. The molecule has 0 N–H and O–H groups in total. The van der Waals surface area contributed by atoms with Crippen molar-refractivity contribution in [2.75, 3.05) is 0 Å². The first-order valence-corrected chi connectivity index (χ1v) is 7.40. The molecule has 18 heavy (non-hydrogen) atoms. The first kappa shape index (κ1) is 11.3. The van der Waals surface area contributed by atoms with Crippen LogP contribution in [0.4, 0.5) is 0 Å². The SMILES string of the molecule is CC1(C)CCC2(CC(C3CC3)(C3CC3)OC2=O)O1. The van der Waals surface area contributed by atoms with Gasteiger partial charge in [0.25, 0.3) is 0 Å². The summed E-state index contributed by atoms with van der Waals surface area (Å²) in [6, 6.07) is 0. The molecule has 2 aliphatic heterocycles. The second-order valence-electron chi connectivity index (χ2n) is 7.43. The molecule has 2 saturated carbocycles. The highest BCUT2D eigenvalue weighted by molar-refractivity contribution is 5.83. The van der Waals surface area contributed by atoms with Gasteiger partial charge in [-0.05, 0) is 64.2 Å². The highest BCUT2D eigenvalue weighted by Gasteiger charge is 2.69. The van der Waals surface area contributed by atoms with E-state index < -0.39 is 5.60 Å². The molecule has 3 nitrogen and oxygen atoms in total. The Morgan fingerprint density at radius 3 is 2.11 bits per heavy atom. The molecule has 0 aromatic heterocycles. The van der Waals surface area contributed by atoms with E-state index in [0.29, 0.717) is 11.8 Å². The van der Waals surface area contributed by atoms with E-state index in [1.807, 2.05) is 0 Å². The number of hydrogen-bond acceptors (Lipinski definition) is 3. The van der Waals surface area contributed by atoms with Crippen LogP contribution in [-0.4, -0.2) is 22.8 Å². The first-order chi connectivity index (χ1) is 8.46. The van der Waals surface area contributed by atoms with E-state index in [1.54, 1.807) is 0 Å². The van der Waals surface area contributed by atoms with Crippen LogP contribution in [0.2, 0.25) is 0 Å². The lowest BCUT2D eigenvalue weighted by Crippen LogP contribution is -2.39. The molecule has 0 aromatic rings. The Kier molecular flexibility index (Phi) is 1.95. The molecule has 4 rings (SSSR count). The Bertz CT molecular complexity index is 394. The smallest absolute Gasteiger partial charge is 0.339 e. The molecular formula is C15H22O3. The van der Waals surface area contributed by atoms with E-state index in [-0.39, 0.29) is 17.2 Å². The fraction of sp³-hybridized carbons (Fsp3) is 0.933. The molecule has 4 aliphatic rings. The number of esters is 1. The van der Waals surface area contributed by atoms with Crippen LogP contribution in [0.5, 0.6) is 0 Å². The standard InChI is InChI=1S/C15H22O3/c1-13(2)7-8-14(18-13)9-15(10-3-4-10,11-5-6-11)17-12(14)16/h10-11H,3-9H2,1-2H3. The molecule has 100 valence electrons. The van der Waals surface area contributed by atoms with Crippen molar-refractivity contribution in [1.82, 2.24) is 0 Å². The molecule has 2 heterocycles. The fourth-order valence-corrected chi connectivity index (χ4v) is 4.15. The Morgan fingerprint density at radius 2 is 1.67 bits per heavy atom. The maximum Gasteiger partial charge on any atom is 0.339 e. The summed E-state index contributed by atoms with van der Waals surface area (Å²) in [5.74, 6) is 1.19. The van der Waals surface area contributed by atoms with Crippen LogP contribution in [0.1, 0.15) is 58.8 Å². The van der Waals surface area contributed by atoms with Gasteiger partial charge in [-0.15, -0.1) is 0 Å². The van der Waals surface area contributed by atoms with Crippen LogP contribution in [0.15, 0.2) is 0 Å². The third kappa shape index (κ3) is 1.43. The molecular weight excluding hydrogens is 228 g/mol. The molecule has 0 aromatic carbocycles. The summed E-state index contributed by atoms with van der Waals surface area (Å²) < 4.78 is 12.1. The van der Waals surface area contributed by atoms with Crippen LogP contribution in [0, 0.1) is 11.8 Å². The maximum absolute atomic E-state index is 12.4. The number of carbonyl (C=O) groups excluding carboxylic acids is 1. The summed E-state index contributed by atoms with van der Waals surface area (Å²) in [6.07, 6.45) is 7.60. The fourth-order valence-electron chi connectivity index (χ4n) is 4.15. The Hall–Kier alpha value is -0.570. The average Bonchev–Trinajstić information content (AvgIpc) is 3.17. The van der Waals surface area contributed by atoms with Crippen molar-refractivity contribution < 1.29 is 14.3 Å².